The summed E-state index contributed by atoms with van der Waals surface area (Å²) < 4.78 is 20.7. The van der Waals surface area contributed by atoms with E-state index in [0.717, 1.165) is 4.31 Å². The summed E-state index contributed by atoms with van der Waals surface area (Å²) in [7, 11) is -2.63. The number of hydrogen-bond donors (Lipinski definition) is 1. The normalized spacial score (nSPS) is 19.1. The van der Waals surface area contributed by atoms with Gasteiger partial charge in [0.05, 0.1) is 0 Å². The van der Waals surface area contributed by atoms with Crippen molar-refractivity contribution >= 4 is 16.8 Å². The molecular formula is C3H5NO3S. The zero-order chi connectivity index (χ0) is 6.15. The van der Waals surface area contributed by atoms with E-state index in [0.29, 0.717) is 13.0 Å². The molecule has 1 heterocycles. The van der Waals surface area contributed by atoms with E-state index in [1.54, 1.807) is 0 Å². The molecule has 1 saturated heterocycles. The zero-order valence-corrected chi connectivity index (χ0v) is 4.93. The second-order valence-electron chi connectivity index (χ2n) is 1.50. The fraction of sp³-hybridized carbons (Fsp3) is 0.667. The quantitative estimate of drug-likeness (QED) is 0.361. The van der Waals surface area contributed by atoms with E-state index in [1.807, 2.05) is 0 Å². The Morgan fingerprint density at radius 3 is 2.12 bits per heavy atom. The summed E-state index contributed by atoms with van der Waals surface area (Å²) in [4.78, 5) is 10.2. The summed E-state index contributed by atoms with van der Waals surface area (Å²) in [6, 6.07) is 0. The van der Waals surface area contributed by atoms with Gasteiger partial charge in [-0.25, -0.2) is 12.7 Å². The average Bonchev–Trinajstić information content (AvgIpc) is 1.61. The van der Waals surface area contributed by atoms with Gasteiger partial charge in [0, 0.05) is 13.0 Å². The molecule has 0 atom stereocenters. The second kappa shape index (κ2) is 1.74. The molecule has 8 heavy (non-hydrogen) atoms. The summed E-state index contributed by atoms with van der Waals surface area (Å²) in [6.07, 6.45) is 0.378. The summed E-state index contributed by atoms with van der Waals surface area (Å²) in [5.41, 5.74) is 0. The first-order chi connectivity index (χ1) is 3.72. The fourth-order valence-corrected chi connectivity index (χ4v) is 1.02. The van der Waals surface area contributed by atoms with Gasteiger partial charge in [-0.2, -0.15) is 0 Å². The standard InChI is InChI=1S/C3H5NO3S/c5-3-1-2-4(3)8(6)7/h8H,1-2H2. The molecule has 0 unspecified atom stereocenters. The molecular weight excluding hydrogens is 130 g/mol. The minimum Gasteiger partial charge on any atom is -0.274 e. The molecule has 5 heteroatoms. The van der Waals surface area contributed by atoms with E-state index in [1.165, 1.54) is 0 Å². The third-order valence-corrected chi connectivity index (χ3v) is 1.84. The van der Waals surface area contributed by atoms with Gasteiger partial charge in [0.15, 0.2) is 0 Å². The molecule has 0 N–H and O–H groups in total. The molecule has 1 aliphatic heterocycles. The number of hydrogen-bond acceptors (Lipinski definition) is 3. The first-order valence-corrected chi connectivity index (χ1v) is 3.29. The van der Waals surface area contributed by atoms with Crippen molar-refractivity contribution < 1.29 is 13.2 Å². The summed E-state index contributed by atoms with van der Waals surface area (Å²) in [5.74, 6) is -0.291. The van der Waals surface area contributed by atoms with Gasteiger partial charge < -0.3 is 0 Å². The number of amides is 1. The molecule has 1 fully saturated rings. The Balaban J connectivity index is 2.62. The SMILES string of the molecule is O=C1CCN1[SH](=O)=O. The average molecular weight is 135 g/mol. The molecule has 4 nitrogen and oxygen atoms in total. The Morgan fingerprint density at radius 2 is 2.12 bits per heavy atom. The number of thiol groups is 1. The lowest BCUT2D eigenvalue weighted by Gasteiger charge is -2.22. The highest BCUT2D eigenvalue weighted by Crippen LogP contribution is 2.06. The van der Waals surface area contributed by atoms with Crippen LogP contribution in [0.1, 0.15) is 6.42 Å². The Morgan fingerprint density at radius 1 is 1.50 bits per heavy atom. The van der Waals surface area contributed by atoms with E-state index in [2.05, 4.69) is 0 Å². The monoisotopic (exact) mass is 135 g/mol. The molecule has 1 rings (SSSR count). The van der Waals surface area contributed by atoms with Crippen LogP contribution in [0.4, 0.5) is 0 Å². The van der Waals surface area contributed by atoms with E-state index in [-0.39, 0.29) is 5.91 Å². The maximum atomic E-state index is 10.2. The fourth-order valence-electron chi connectivity index (χ4n) is 0.476. The smallest absolute Gasteiger partial charge is 0.237 e. The molecule has 0 spiro atoms. The number of nitrogens with zero attached hydrogens (tertiary/aromatic N) is 1. The third-order valence-electron chi connectivity index (χ3n) is 1.02. The lowest BCUT2D eigenvalue weighted by Crippen LogP contribution is -2.41. The summed E-state index contributed by atoms with van der Waals surface area (Å²) >= 11 is 0. The highest BCUT2D eigenvalue weighted by Gasteiger charge is 2.25. The maximum absolute atomic E-state index is 10.2. The number of carbonyl (C=O) groups excluding carboxylic acids is 1. The van der Waals surface area contributed by atoms with Gasteiger partial charge in [-0.3, -0.25) is 4.79 Å². The van der Waals surface area contributed by atoms with Crippen LogP contribution in [0.5, 0.6) is 0 Å². The van der Waals surface area contributed by atoms with Crippen molar-refractivity contribution in [3.8, 4) is 0 Å². The molecule has 46 valence electrons. The summed E-state index contributed by atoms with van der Waals surface area (Å²) in [5, 5.41) is 0. The molecule has 0 aromatic rings. The van der Waals surface area contributed by atoms with Crippen LogP contribution < -0.4 is 0 Å². The van der Waals surface area contributed by atoms with Crippen molar-refractivity contribution in [2.75, 3.05) is 6.54 Å². The van der Waals surface area contributed by atoms with Crippen LogP contribution in [0.15, 0.2) is 0 Å². The van der Waals surface area contributed by atoms with E-state index >= 15 is 0 Å². The van der Waals surface area contributed by atoms with Gasteiger partial charge in [-0.05, 0) is 0 Å². The van der Waals surface area contributed by atoms with Gasteiger partial charge in [0.1, 0.15) is 0 Å². The predicted octanol–water partition coefficient (Wildman–Crippen LogP) is -1.25. The molecule has 0 aromatic heterocycles. The first kappa shape index (κ1) is 5.55. The van der Waals surface area contributed by atoms with Crippen molar-refractivity contribution in [2.45, 2.75) is 6.42 Å². The van der Waals surface area contributed by atoms with Crippen LogP contribution in [0.3, 0.4) is 0 Å². The maximum Gasteiger partial charge on any atom is 0.237 e. The van der Waals surface area contributed by atoms with E-state index in [9.17, 15) is 13.2 Å². The highest BCUT2D eigenvalue weighted by molar-refractivity contribution is 7.70. The van der Waals surface area contributed by atoms with Gasteiger partial charge in [0.2, 0.25) is 16.8 Å². The molecule has 1 amide bonds. The van der Waals surface area contributed by atoms with Crippen LogP contribution >= 0.6 is 0 Å². The van der Waals surface area contributed by atoms with Crippen molar-refractivity contribution in [1.29, 1.82) is 0 Å². The summed E-state index contributed by atoms with van der Waals surface area (Å²) in [6.45, 7) is 0.373. The Labute approximate surface area is 48.2 Å². The number of rotatable bonds is 1. The van der Waals surface area contributed by atoms with Gasteiger partial charge in [0.25, 0.3) is 0 Å². The van der Waals surface area contributed by atoms with Crippen molar-refractivity contribution in [1.82, 2.24) is 4.31 Å². The molecule has 1 aliphatic rings. The zero-order valence-electron chi connectivity index (χ0n) is 4.03. The molecule has 0 radical (unpaired) electrons. The van der Waals surface area contributed by atoms with E-state index < -0.39 is 10.9 Å². The van der Waals surface area contributed by atoms with Crippen LogP contribution in [-0.2, 0) is 15.7 Å². The van der Waals surface area contributed by atoms with E-state index in [4.69, 9.17) is 0 Å². The lowest BCUT2D eigenvalue weighted by molar-refractivity contribution is -0.132. The Hall–Kier alpha value is -0.580. The molecule has 0 saturated carbocycles. The van der Waals surface area contributed by atoms with Gasteiger partial charge in [-0.1, -0.05) is 0 Å². The number of β-lactam (4-membered cyclic amide) rings is 1. The highest BCUT2D eigenvalue weighted by atomic mass is 32.2. The van der Waals surface area contributed by atoms with Crippen LogP contribution in [0.2, 0.25) is 0 Å². The minimum absolute atomic E-state index is 0.291. The Bertz CT molecular complexity index is 177. The predicted molar refractivity (Wildman–Crippen MR) is 26.6 cm³/mol. The first-order valence-electron chi connectivity index (χ1n) is 2.16. The molecule has 0 aliphatic carbocycles. The molecule has 0 aromatic carbocycles. The van der Waals surface area contributed by atoms with Crippen molar-refractivity contribution in [3.05, 3.63) is 0 Å². The van der Waals surface area contributed by atoms with Crippen LogP contribution in [0.25, 0.3) is 0 Å². The topological polar surface area (TPSA) is 54.5 Å². The van der Waals surface area contributed by atoms with Gasteiger partial charge in [-0.15, -0.1) is 0 Å². The third kappa shape index (κ3) is 0.686. The Kier molecular flexibility index (Phi) is 1.21. The minimum atomic E-state index is -2.63. The number of carbonyl (C=O) groups is 1. The van der Waals surface area contributed by atoms with Crippen molar-refractivity contribution in [2.24, 2.45) is 0 Å². The molecule has 0 bridgehead atoms. The van der Waals surface area contributed by atoms with Gasteiger partial charge >= 0.3 is 0 Å². The van der Waals surface area contributed by atoms with Crippen LogP contribution in [-0.4, -0.2) is 25.2 Å². The largest absolute Gasteiger partial charge is 0.274 e. The van der Waals surface area contributed by atoms with Crippen LogP contribution in [0, 0.1) is 0 Å². The van der Waals surface area contributed by atoms with Crippen molar-refractivity contribution in [3.63, 3.8) is 0 Å². The lowest BCUT2D eigenvalue weighted by atomic mass is 10.3. The second-order valence-corrected chi connectivity index (χ2v) is 2.46.